The summed E-state index contributed by atoms with van der Waals surface area (Å²) in [7, 11) is 1.72. The molecule has 0 saturated carbocycles. The molecule has 0 heterocycles. The van der Waals surface area contributed by atoms with Gasteiger partial charge in [0.2, 0.25) is 0 Å². The Balaban J connectivity index is 2.39. The molecule has 25 heavy (non-hydrogen) atoms. The Bertz CT molecular complexity index is 634. The summed E-state index contributed by atoms with van der Waals surface area (Å²) in [6.07, 6.45) is 0. The van der Waals surface area contributed by atoms with Crippen LogP contribution in [0.25, 0.3) is 0 Å². The van der Waals surface area contributed by atoms with Gasteiger partial charge in [-0.05, 0) is 36.6 Å². The standard InChI is InChI=1S/C17H25BrN4O3/c1-11(2)8-19-17(25)21-16(24)10-22(4)9-15(23)20-14-6-5-13(18)7-12(14)3/h5-7,11H,8-10H2,1-4H3,(H,20,23)(H2,19,21,24,25)/p+1. The van der Waals surface area contributed by atoms with Gasteiger partial charge >= 0.3 is 6.03 Å². The van der Waals surface area contributed by atoms with Gasteiger partial charge in [-0.2, -0.15) is 0 Å². The number of halogens is 1. The Kier molecular flexibility index (Phi) is 8.57. The minimum atomic E-state index is -0.513. The molecule has 8 heteroatoms. The highest BCUT2D eigenvalue weighted by atomic mass is 79.9. The van der Waals surface area contributed by atoms with E-state index in [0.717, 1.165) is 15.7 Å². The van der Waals surface area contributed by atoms with Crippen molar-refractivity contribution in [2.45, 2.75) is 20.8 Å². The normalized spacial score (nSPS) is 11.8. The maximum absolute atomic E-state index is 12.1. The summed E-state index contributed by atoms with van der Waals surface area (Å²) in [6.45, 7) is 6.48. The Morgan fingerprint density at radius 2 is 1.80 bits per heavy atom. The number of quaternary nitrogens is 1. The molecule has 0 aliphatic rings. The Labute approximate surface area is 156 Å². The third-order valence-corrected chi connectivity index (χ3v) is 3.80. The first-order valence-corrected chi connectivity index (χ1v) is 8.91. The molecule has 7 nitrogen and oxygen atoms in total. The van der Waals surface area contributed by atoms with Gasteiger partial charge in [-0.1, -0.05) is 29.8 Å². The topological polar surface area (TPSA) is 91.7 Å². The summed E-state index contributed by atoms with van der Waals surface area (Å²) >= 11 is 3.37. The number of anilines is 1. The van der Waals surface area contributed by atoms with Gasteiger partial charge in [-0.3, -0.25) is 14.9 Å². The molecule has 4 N–H and O–H groups in total. The van der Waals surface area contributed by atoms with Crippen molar-refractivity contribution in [2.24, 2.45) is 5.92 Å². The fourth-order valence-electron chi connectivity index (χ4n) is 2.08. The maximum atomic E-state index is 12.1. The second kappa shape index (κ2) is 10.1. The van der Waals surface area contributed by atoms with E-state index in [4.69, 9.17) is 0 Å². The van der Waals surface area contributed by atoms with Gasteiger partial charge < -0.3 is 15.5 Å². The monoisotopic (exact) mass is 413 g/mol. The molecular weight excluding hydrogens is 388 g/mol. The minimum Gasteiger partial charge on any atom is -0.338 e. The molecule has 1 aromatic rings. The lowest BCUT2D eigenvalue weighted by molar-refractivity contribution is -0.862. The largest absolute Gasteiger partial charge is 0.338 e. The lowest BCUT2D eigenvalue weighted by Crippen LogP contribution is -3.11. The number of hydrogen-bond donors (Lipinski definition) is 4. The number of rotatable bonds is 7. The third kappa shape index (κ3) is 8.64. The zero-order chi connectivity index (χ0) is 19.0. The predicted octanol–water partition coefficient (Wildman–Crippen LogP) is 0.693. The number of nitrogens with one attached hydrogen (secondary N) is 4. The molecule has 0 spiro atoms. The second-order valence-electron chi connectivity index (χ2n) is 6.47. The Morgan fingerprint density at radius 1 is 1.16 bits per heavy atom. The first-order chi connectivity index (χ1) is 11.7. The van der Waals surface area contributed by atoms with Gasteiger partial charge in [0.05, 0.1) is 7.05 Å². The van der Waals surface area contributed by atoms with Crippen LogP contribution in [0.15, 0.2) is 22.7 Å². The number of hydrogen-bond acceptors (Lipinski definition) is 3. The maximum Gasteiger partial charge on any atom is 0.321 e. The van der Waals surface area contributed by atoms with Crippen molar-refractivity contribution in [2.75, 3.05) is 32.0 Å². The van der Waals surface area contributed by atoms with Crippen LogP contribution in [0.2, 0.25) is 0 Å². The van der Waals surface area contributed by atoms with E-state index < -0.39 is 11.9 Å². The van der Waals surface area contributed by atoms with Crippen LogP contribution in [0.1, 0.15) is 19.4 Å². The van der Waals surface area contributed by atoms with Crippen molar-refractivity contribution in [3.05, 3.63) is 28.2 Å². The average molecular weight is 414 g/mol. The minimum absolute atomic E-state index is 0.0296. The number of likely N-dealkylation sites (N-methyl/N-ethyl adjacent to an activating group) is 1. The summed E-state index contributed by atoms with van der Waals surface area (Å²) in [5.41, 5.74) is 1.68. The summed E-state index contributed by atoms with van der Waals surface area (Å²) in [5, 5.41) is 7.69. The van der Waals surface area contributed by atoms with E-state index in [1.165, 1.54) is 0 Å². The van der Waals surface area contributed by atoms with Crippen LogP contribution in [-0.2, 0) is 9.59 Å². The smallest absolute Gasteiger partial charge is 0.321 e. The third-order valence-electron chi connectivity index (χ3n) is 3.31. The molecule has 0 aromatic heterocycles. The van der Waals surface area contributed by atoms with Gasteiger partial charge in [0.15, 0.2) is 13.1 Å². The van der Waals surface area contributed by atoms with Gasteiger partial charge in [0, 0.05) is 16.7 Å². The van der Waals surface area contributed by atoms with Crippen molar-refractivity contribution in [3.63, 3.8) is 0 Å². The lowest BCUT2D eigenvalue weighted by Gasteiger charge is -2.14. The second-order valence-corrected chi connectivity index (χ2v) is 7.39. The number of aryl methyl sites for hydroxylation is 1. The number of carbonyl (C=O) groups excluding carboxylic acids is 3. The van der Waals surface area contributed by atoms with Gasteiger partial charge in [-0.15, -0.1) is 0 Å². The highest BCUT2D eigenvalue weighted by Crippen LogP contribution is 2.19. The van der Waals surface area contributed by atoms with Gasteiger partial charge in [-0.25, -0.2) is 4.79 Å². The zero-order valence-corrected chi connectivity index (χ0v) is 16.6. The number of amides is 4. The van der Waals surface area contributed by atoms with Crippen LogP contribution in [0, 0.1) is 12.8 Å². The SMILES string of the molecule is Cc1cc(Br)ccc1NC(=O)C[NH+](C)CC(=O)NC(=O)NCC(C)C. The van der Waals surface area contributed by atoms with Crippen molar-refractivity contribution in [1.29, 1.82) is 0 Å². The number of benzene rings is 1. The fraction of sp³-hybridized carbons (Fsp3) is 0.471. The molecule has 0 fully saturated rings. The van der Waals surface area contributed by atoms with Crippen LogP contribution < -0.4 is 20.9 Å². The number of imide groups is 1. The Hall–Kier alpha value is -1.93. The van der Waals surface area contributed by atoms with Crippen molar-refractivity contribution in [1.82, 2.24) is 10.6 Å². The summed E-state index contributed by atoms with van der Waals surface area (Å²) < 4.78 is 0.943. The van der Waals surface area contributed by atoms with Crippen molar-refractivity contribution < 1.29 is 19.3 Å². The van der Waals surface area contributed by atoms with E-state index in [-0.39, 0.29) is 19.0 Å². The first kappa shape index (κ1) is 21.1. The van der Waals surface area contributed by atoms with E-state index in [2.05, 4.69) is 31.9 Å². The first-order valence-electron chi connectivity index (χ1n) is 8.12. The molecule has 1 rings (SSSR count). The van der Waals surface area contributed by atoms with E-state index in [1.54, 1.807) is 7.05 Å². The molecule has 138 valence electrons. The van der Waals surface area contributed by atoms with E-state index in [9.17, 15) is 14.4 Å². The molecule has 0 bridgehead atoms. The molecule has 0 saturated heterocycles. The van der Waals surface area contributed by atoms with Crippen molar-refractivity contribution >= 4 is 39.5 Å². The van der Waals surface area contributed by atoms with E-state index in [1.807, 2.05) is 39.0 Å². The van der Waals surface area contributed by atoms with Gasteiger partial charge in [0.25, 0.3) is 11.8 Å². The van der Waals surface area contributed by atoms with E-state index in [0.29, 0.717) is 17.4 Å². The van der Waals surface area contributed by atoms with E-state index >= 15 is 0 Å². The number of carbonyl (C=O) groups is 3. The summed E-state index contributed by atoms with van der Waals surface area (Å²) in [5.74, 6) is -0.314. The molecule has 0 radical (unpaired) electrons. The summed E-state index contributed by atoms with van der Waals surface area (Å²) in [4.78, 5) is 36.1. The average Bonchev–Trinajstić information content (AvgIpc) is 2.47. The molecule has 1 aromatic carbocycles. The molecule has 1 atom stereocenters. The molecule has 0 aliphatic heterocycles. The quantitative estimate of drug-likeness (QED) is 0.529. The van der Waals surface area contributed by atoms with Crippen LogP contribution in [0.5, 0.6) is 0 Å². The van der Waals surface area contributed by atoms with Crippen LogP contribution in [-0.4, -0.2) is 44.5 Å². The summed E-state index contributed by atoms with van der Waals surface area (Å²) in [6, 6.07) is 5.07. The zero-order valence-electron chi connectivity index (χ0n) is 15.0. The molecule has 0 aliphatic carbocycles. The fourth-order valence-corrected chi connectivity index (χ4v) is 2.56. The Morgan fingerprint density at radius 3 is 2.40 bits per heavy atom. The highest BCUT2D eigenvalue weighted by Gasteiger charge is 2.16. The highest BCUT2D eigenvalue weighted by molar-refractivity contribution is 9.10. The van der Waals surface area contributed by atoms with Crippen molar-refractivity contribution in [3.8, 4) is 0 Å². The molecule has 4 amide bonds. The number of urea groups is 1. The lowest BCUT2D eigenvalue weighted by atomic mass is 10.2. The molecular formula is C17H26BrN4O3+. The van der Waals surface area contributed by atoms with Crippen LogP contribution in [0.3, 0.4) is 0 Å². The predicted molar refractivity (Wildman–Crippen MR) is 101 cm³/mol. The van der Waals surface area contributed by atoms with Crippen LogP contribution >= 0.6 is 15.9 Å². The molecule has 1 unspecified atom stereocenters. The van der Waals surface area contributed by atoms with Gasteiger partial charge in [0.1, 0.15) is 0 Å². The van der Waals surface area contributed by atoms with Crippen LogP contribution in [0.4, 0.5) is 10.5 Å².